The maximum absolute atomic E-state index is 3.67. The van der Waals surface area contributed by atoms with Crippen LogP contribution in [0.4, 0.5) is 0 Å². The molecule has 0 fully saturated rings. The van der Waals surface area contributed by atoms with E-state index in [-0.39, 0.29) is 0 Å². The SMILES string of the molecule is BrCC1=Cc2ccccc2[C@H]1Br. The van der Waals surface area contributed by atoms with Crippen LogP contribution in [0.2, 0.25) is 0 Å². The number of rotatable bonds is 1. The normalized spacial score (nSPS) is 20.5. The van der Waals surface area contributed by atoms with Crippen molar-refractivity contribution in [3.8, 4) is 0 Å². The molecular weight excluding hydrogens is 280 g/mol. The van der Waals surface area contributed by atoms with Crippen molar-refractivity contribution in [2.24, 2.45) is 0 Å². The second-order valence-corrected chi connectivity index (χ2v) is 4.32. The zero-order valence-electron chi connectivity index (χ0n) is 6.43. The molecule has 0 aliphatic heterocycles. The summed E-state index contributed by atoms with van der Waals surface area (Å²) >= 11 is 7.14. The van der Waals surface area contributed by atoms with Gasteiger partial charge in [-0.25, -0.2) is 0 Å². The van der Waals surface area contributed by atoms with Gasteiger partial charge in [0, 0.05) is 5.33 Å². The lowest BCUT2D eigenvalue weighted by Gasteiger charge is -2.05. The Morgan fingerprint density at radius 2 is 2.00 bits per heavy atom. The van der Waals surface area contributed by atoms with Crippen molar-refractivity contribution in [2.45, 2.75) is 4.83 Å². The van der Waals surface area contributed by atoms with Crippen LogP contribution in [0, 0.1) is 0 Å². The third-order valence-corrected chi connectivity index (χ3v) is 3.82. The van der Waals surface area contributed by atoms with Gasteiger partial charge < -0.3 is 0 Å². The minimum atomic E-state index is 0.410. The molecule has 1 aromatic carbocycles. The summed E-state index contributed by atoms with van der Waals surface area (Å²) in [5.41, 5.74) is 4.12. The Labute approximate surface area is 88.9 Å². The number of halogens is 2. The highest BCUT2D eigenvalue weighted by Gasteiger charge is 2.20. The van der Waals surface area contributed by atoms with Crippen molar-refractivity contribution in [1.82, 2.24) is 0 Å². The summed E-state index contributed by atoms with van der Waals surface area (Å²) in [7, 11) is 0. The fourth-order valence-corrected chi connectivity index (χ4v) is 3.08. The summed E-state index contributed by atoms with van der Waals surface area (Å²) in [4.78, 5) is 0.410. The lowest BCUT2D eigenvalue weighted by Crippen LogP contribution is -1.89. The Morgan fingerprint density at radius 3 is 2.67 bits per heavy atom. The molecule has 0 nitrogen and oxygen atoms in total. The number of allylic oxidation sites excluding steroid dienone is 1. The summed E-state index contributed by atoms with van der Waals surface area (Å²) in [6, 6.07) is 8.48. The highest BCUT2D eigenvalue weighted by Crippen LogP contribution is 2.40. The van der Waals surface area contributed by atoms with Crippen LogP contribution in [0.1, 0.15) is 16.0 Å². The van der Waals surface area contributed by atoms with E-state index in [0.717, 1.165) is 5.33 Å². The molecule has 0 spiro atoms. The van der Waals surface area contributed by atoms with E-state index in [1.54, 1.807) is 0 Å². The van der Waals surface area contributed by atoms with Crippen LogP contribution < -0.4 is 0 Å². The van der Waals surface area contributed by atoms with Gasteiger partial charge in [0.1, 0.15) is 0 Å². The van der Waals surface area contributed by atoms with E-state index in [4.69, 9.17) is 0 Å². The molecule has 2 rings (SSSR count). The topological polar surface area (TPSA) is 0 Å². The number of hydrogen-bond donors (Lipinski definition) is 0. The van der Waals surface area contributed by atoms with E-state index < -0.39 is 0 Å². The zero-order valence-corrected chi connectivity index (χ0v) is 9.60. The second kappa shape index (κ2) is 3.35. The van der Waals surface area contributed by atoms with Crippen molar-refractivity contribution >= 4 is 37.9 Å². The van der Waals surface area contributed by atoms with Gasteiger partial charge in [-0.1, -0.05) is 62.2 Å². The fraction of sp³-hybridized carbons (Fsp3) is 0.200. The Hall–Kier alpha value is -0.0800. The Morgan fingerprint density at radius 1 is 1.25 bits per heavy atom. The van der Waals surface area contributed by atoms with Gasteiger partial charge in [0.05, 0.1) is 4.83 Å². The molecule has 0 unspecified atom stereocenters. The number of fused-ring (bicyclic) bond motifs is 1. The molecular formula is C10H8Br2. The highest BCUT2D eigenvalue weighted by atomic mass is 79.9. The van der Waals surface area contributed by atoms with Gasteiger partial charge in [0.2, 0.25) is 0 Å². The standard InChI is InChI=1S/C10H8Br2/c11-6-8-5-7-3-1-2-4-9(7)10(8)12/h1-5,10H,6H2/t10-/m0/s1. The summed E-state index contributed by atoms with van der Waals surface area (Å²) < 4.78 is 0. The van der Waals surface area contributed by atoms with Crippen LogP contribution in [0.15, 0.2) is 29.8 Å². The third kappa shape index (κ3) is 1.27. The third-order valence-electron chi connectivity index (χ3n) is 2.09. The smallest absolute Gasteiger partial charge is 0.0621 e. The molecule has 0 amide bonds. The van der Waals surface area contributed by atoms with Gasteiger partial charge in [0.15, 0.2) is 0 Å². The van der Waals surface area contributed by atoms with E-state index in [1.165, 1.54) is 16.7 Å². The maximum Gasteiger partial charge on any atom is 0.0621 e. The molecule has 62 valence electrons. The minimum absolute atomic E-state index is 0.410. The number of alkyl halides is 2. The first-order chi connectivity index (χ1) is 5.83. The lowest BCUT2D eigenvalue weighted by atomic mass is 10.1. The minimum Gasteiger partial charge on any atom is -0.0879 e. The summed E-state index contributed by atoms with van der Waals surface area (Å²) in [5.74, 6) is 0. The molecule has 0 aromatic heterocycles. The van der Waals surface area contributed by atoms with E-state index in [2.05, 4.69) is 62.2 Å². The van der Waals surface area contributed by atoms with Crippen molar-refractivity contribution in [1.29, 1.82) is 0 Å². The van der Waals surface area contributed by atoms with Crippen LogP contribution >= 0.6 is 31.9 Å². The predicted molar refractivity (Wildman–Crippen MR) is 59.9 cm³/mol. The summed E-state index contributed by atoms with van der Waals surface area (Å²) in [6.45, 7) is 0. The molecule has 1 aliphatic rings. The van der Waals surface area contributed by atoms with Gasteiger partial charge in [-0.3, -0.25) is 0 Å². The average molecular weight is 288 g/mol. The second-order valence-electron chi connectivity index (χ2n) is 2.84. The zero-order chi connectivity index (χ0) is 8.55. The molecule has 0 bridgehead atoms. The average Bonchev–Trinajstić information content (AvgIpc) is 2.44. The van der Waals surface area contributed by atoms with Crippen LogP contribution in [-0.4, -0.2) is 5.33 Å². The lowest BCUT2D eigenvalue weighted by molar-refractivity contribution is 1.19. The molecule has 1 atom stereocenters. The maximum atomic E-state index is 3.67. The number of benzene rings is 1. The van der Waals surface area contributed by atoms with Crippen LogP contribution in [0.3, 0.4) is 0 Å². The fourth-order valence-electron chi connectivity index (χ4n) is 1.45. The van der Waals surface area contributed by atoms with E-state index in [1.807, 2.05) is 0 Å². The molecule has 0 N–H and O–H groups in total. The Kier molecular flexibility index (Phi) is 2.37. The Balaban J connectivity index is 2.47. The summed E-state index contributed by atoms with van der Waals surface area (Å²) in [5, 5.41) is 0.942. The van der Waals surface area contributed by atoms with Crippen molar-refractivity contribution in [2.75, 3.05) is 5.33 Å². The first-order valence-corrected chi connectivity index (χ1v) is 5.86. The molecule has 0 saturated carbocycles. The molecule has 0 heterocycles. The first-order valence-electron chi connectivity index (χ1n) is 3.82. The van der Waals surface area contributed by atoms with Gasteiger partial charge in [-0.2, -0.15) is 0 Å². The van der Waals surface area contributed by atoms with Crippen molar-refractivity contribution in [3.05, 3.63) is 41.0 Å². The monoisotopic (exact) mass is 286 g/mol. The molecule has 0 radical (unpaired) electrons. The highest BCUT2D eigenvalue weighted by molar-refractivity contribution is 9.10. The first kappa shape index (κ1) is 8.52. The van der Waals surface area contributed by atoms with Gasteiger partial charge in [-0.05, 0) is 16.7 Å². The largest absolute Gasteiger partial charge is 0.0879 e. The molecule has 1 aromatic rings. The van der Waals surface area contributed by atoms with Gasteiger partial charge >= 0.3 is 0 Å². The molecule has 12 heavy (non-hydrogen) atoms. The molecule has 2 heteroatoms. The van der Waals surface area contributed by atoms with E-state index in [0.29, 0.717) is 4.83 Å². The van der Waals surface area contributed by atoms with Crippen LogP contribution in [0.5, 0.6) is 0 Å². The van der Waals surface area contributed by atoms with Gasteiger partial charge in [0.25, 0.3) is 0 Å². The van der Waals surface area contributed by atoms with E-state index >= 15 is 0 Å². The summed E-state index contributed by atoms with van der Waals surface area (Å²) in [6.07, 6.45) is 2.24. The molecule has 1 aliphatic carbocycles. The molecule has 0 saturated heterocycles. The van der Waals surface area contributed by atoms with Gasteiger partial charge in [-0.15, -0.1) is 0 Å². The predicted octanol–water partition coefficient (Wildman–Crippen LogP) is 3.91. The van der Waals surface area contributed by atoms with Crippen LogP contribution in [0.25, 0.3) is 6.08 Å². The van der Waals surface area contributed by atoms with Crippen molar-refractivity contribution < 1.29 is 0 Å². The quantitative estimate of drug-likeness (QED) is 0.687. The number of hydrogen-bond acceptors (Lipinski definition) is 0. The van der Waals surface area contributed by atoms with Crippen molar-refractivity contribution in [3.63, 3.8) is 0 Å². The van der Waals surface area contributed by atoms with E-state index in [9.17, 15) is 0 Å². The Bertz CT molecular complexity index is 328. The van der Waals surface area contributed by atoms with Crippen LogP contribution in [-0.2, 0) is 0 Å².